The van der Waals surface area contributed by atoms with E-state index in [1.807, 2.05) is 24.3 Å². The summed E-state index contributed by atoms with van der Waals surface area (Å²) in [5, 5.41) is 6.43. The van der Waals surface area contributed by atoms with Crippen LogP contribution in [-0.4, -0.2) is 25.1 Å². The lowest BCUT2D eigenvalue weighted by molar-refractivity contribution is -0.122. The van der Waals surface area contributed by atoms with E-state index < -0.39 is 0 Å². The van der Waals surface area contributed by atoms with Gasteiger partial charge in [0, 0.05) is 24.4 Å². The zero-order chi connectivity index (χ0) is 14.8. The third kappa shape index (κ3) is 7.04. The van der Waals surface area contributed by atoms with Gasteiger partial charge in [-0.05, 0) is 30.5 Å². The smallest absolute Gasteiger partial charge is 0.240 e. The highest BCUT2D eigenvalue weighted by Gasteiger charge is 2.01. The van der Waals surface area contributed by atoms with Crippen molar-refractivity contribution in [3.05, 3.63) is 34.3 Å². The van der Waals surface area contributed by atoms with Crippen LogP contribution in [-0.2, 0) is 9.59 Å². The fourth-order valence-electron chi connectivity index (χ4n) is 1.52. The van der Waals surface area contributed by atoms with E-state index in [0.717, 1.165) is 10.0 Å². The normalized spacial score (nSPS) is 10.5. The van der Waals surface area contributed by atoms with Crippen LogP contribution in [0.1, 0.15) is 31.2 Å². The van der Waals surface area contributed by atoms with E-state index in [1.165, 1.54) is 0 Å². The van der Waals surface area contributed by atoms with E-state index in [4.69, 9.17) is 0 Å². The zero-order valence-electron chi connectivity index (χ0n) is 11.4. The molecule has 1 rings (SSSR count). The number of carbonyl (C=O) groups excluding carboxylic acids is 2. The molecule has 0 saturated carbocycles. The molecule has 20 heavy (non-hydrogen) atoms. The first-order valence-corrected chi connectivity index (χ1v) is 7.19. The van der Waals surface area contributed by atoms with Gasteiger partial charge in [-0.1, -0.05) is 28.1 Å². The van der Waals surface area contributed by atoms with Crippen molar-refractivity contribution in [2.24, 2.45) is 5.10 Å². The summed E-state index contributed by atoms with van der Waals surface area (Å²) in [6.07, 6.45) is 3.78. The largest absolute Gasteiger partial charge is 0.359 e. The summed E-state index contributed by atoms with van der Waals surface area (Å²) in [6.45, 7) is 0. The molecule has 2 amide bonds. The number of benzene rings is 1. The molecule has 0 saturated heterocycles. The van der Waals surface area contributed by atoms with Gasteiger partial charge in [0.25, 0.3) is 0 Å². The molecule has 1 aromatic carbocycles. The topological polar surface area (TPSA) is 70.6 Å². The van der Waals surface area contributed by atoms with E-state index in [2.05, 4.69) is 31.8 Å². The average molecular weight is 340 g/mol. The molecule has 0 aromatic heterocycles. The van der Waals surface area contributed by atoms with E-state index in [1.54, 1.807) is 13.3 Å². The van der Waals surface area contributed by atoms with Crippen LogP contribution in [0.4, 0.5) is 0 Å². The Morgan fingerprint density at radius 1 is 1.25 bits per heavy atom. The minimum atomic E-state index is -0.145. The molecule has 0 aliphatic heterocycles. The minimum Gasteiger partial charge on any atom is -0.359 e. The molecule has 108 valence electrons. The Balaban J connectivity index is 2.21. The average Bonchev–Trinajstić information content (AvgIpc) is 2.43. The highest BCUT2D eigenvalue weighted by Crippen LogP contribution is 2.09. The van der Waals surface area contributed by atoms with Gasteiger partial charge in [-0.15, -0.1) is 0 Å². The Morgan fingerprint density at radius 2 is 1.95 bits per heavy atom. The number of unbranched alkanes of at least 4 members (excludes halogenated alkanes) is 1. The minimum absolute atomic E-state index is 0.00177. The highest BCUT2D eigenvalue weighted by atomic mass is 79.9. The number of nitrogens with zero attached hydrogens (tertiary/aromatic N) is 1. The van der Waals surface area contributed by atoms with E-state index in [9.17, 15) is 9.59 Å². The fraction of sp³-hybridized carbons (Fsp3) is 0.357. The molecular formula is C14H18BrN3O2. The van der Waals surface area contributed by atoms with E-state index >= 15 is 0 Å². The number of halogens is 1. The molecule has 1 aromatic rings. The second-order valence-corrected chi connectivity index (χ2v) is 5.14. The second kappa shape index (κ2) is 9.25. The number of amides is 2. The van der Waals surface area contributed by atoms with Gasteiger partial charge in [0.05, 0.1) is 6.21 Å². The summed E-state index contributed by atoms with van der Waals surface area (Å²) in [5.74, 6) is -0.147. The number of nitrogens with one attached hydrogen (secondary N) is 2. The molecule has 0 bridgehead atoms. The van der Waals surface area contributed by atoms with Crippen molar-refractivity contribution in [1.82, 2.24) is 10.7 Å². The Kier molecular flexibility index (Phi) is 7.57. The predicted octanol–water partition coefficient (Wildman–Crippen LogP) is 2.21. The van der Waals surface area contributed by atoms with Gasteiger partial charge in [-0.2, -0.15) is 5.10 Å². The molecule has 2 N–H and O–H groups in total. The summed E-state index contributed by atoms with van der Waals surface area (Å²) in [7, 11) is 1.60. The Bertz CT molecular complexity index is 489. The first kappa shape index (κ1) is 16.4. The zero-order valence-corrected chi connectivity index (χ0v) is 12.9. The van der Waals surface area contributed by atoms with Gasteiger partial charge in [0.1, 0.15) is 0 Å². The number of hydrogen-bond acceptors (Lipinski definition) is 3. The molecule has 0 heterocycles. The van der Waals surface area contributed by atoms with E-state index in [-0.39, 0.29) is 11.8 Å². The monoisotopic (exact) mass is 339 g/mol. The third-order valence-corrected chi connectivity index (χ3v) is 3.08. The Morgan fingerprint density at radius 3 is 2.60 bits per heavy atom. The van der Waals surface area contributed by atoms with Crippen molar-refractivity contribution in [2.75, 3.05) is 7.05 Å². The summed E-state index contributed by atoms with van der Waals surface area (Å²) in [5.41, 5.74) is 3.37. The van der Waals surface area contributed by atoms with Crippen LogP contribution in [0.15, 0.2) is 33.8 Å². The van der Waals surface area contributed by atoms with Gasteiger partial charge in [0.2, 0.25) is 11.8 Å². The lowest BCUT2D eigenvalue weighted by atomic mass is 10.2. The van der Waals surface area contributed by atoms with Gasteiger partial charge < -0.3 is 5.32 Å². The maximum atomic E-state index is 11.5. The molecule has 0 radical (unpaired) electrons. The first-order chi connectivity index (χ1) is 9.61. The SMILES string of the molecule is CNC(=O)CCCCC(=O)N/N=C\c1cccc(Br)c1. The third-order valence-electron chi connectivity index (χ3n) is 2.59. The molecular weight excluding hydrogens is 322 g/mol. The number of carbonyl (C=O) groups is 2. The van der Waals surface area contributed by atoms with Crippen molar-refractivity contribution < 1.29 is 9.59 Å². The van der Waals surface area contributed by atoms with Crippen molar-refractivity contribution in [3.63, 3.8) is 0 Å². The number of hydrogen-bond donors (Lipinski definition) is 2. The Hall–Kier alpha value is -1.69. The van der Waals surface area contributed by atoms with Gasteiger partial charge >= 0.3 is 0 Å². The lowest BCUT2D eigenvalue weighted by Gasteiger charge is -2.00. The molecule has 6 heteroatoms. The maximum Gasteiger partial charge on any atom is 0.240 e. The summed E-state index contributed by atoms with van der Waals surface area (Å²) in [4.78, 5) is 22.5. The molecule has 0 aliphatic carbocycles. The molecule has 0 atom stereocenters. The summed E-state index contributed by atoms with van der Waals surface area (Å²) >= 11 is 3.36. The predicted molar refractivity (Wildman–Crippen MR) is 82.4 cm³/mol. The van der Waals surface area contributed by atoms with Crippen LogP contribution in [0, 0.1) is 0 Å². The van der Waals surface area contributed by atoms with Gasteiger partial charge in [-0.3, -0.25) is 9.59 Å². The van der Waals surface area contributed by atoms with Crippen LogP contribution in [0.3, 0.4) is 0 Å². The van der Waals surface area contributed by atoms with Crippen molar-refractivity contribution in [3.8, 4) is 0 Å². The molecule has 5 nitrogen and oxygen atoms in total. The standard InChI is InChI=1S/C14H18BrN3O2/c1-16-13(19)7-2-3-8-14(20)18-17-10-11-5-4-6-12(15)9-11/h4-6,9-10H,2-3,7-8H2,1H3,(H,16,19)(H,18,20)/b17-10-. The summed E-state index contributed by atoms with van der Waals surface area (Å²) < 4.78 is 0.960. The summed E-state index contributed by atoms with van der Waals surface area (Å²) in [6, 6.07) is 7.61. The Labute approximate surface area is 127 Å². The van der Waals surface area contributed by atoms with Crippen LogP contribution in [0.25, 0.3) is 0 Å². The van der Waals surface area contributed by atoms with E-state index in [0.29, 0.717) is 25.7 Å². The van der Waals surface area contributed by atoms with Crippen LogP contribution < -0.4 is 10.7 Å². The lowest BCUT2D eigenvalue weighted by Crippen LogP contribution is -2.19. The number of rotatable bonds is 7. The highest BCUT2D eigenvalue weighted by molar-refractivity contribution is 9.10. The van der Waals surface area contributed by atoms with Gasteiger partial charge in [0.15, 0.2) is 0 Å². The van der Waals surface area contributed by atoms with Crippen LogP contribution in [0.2, 0.25) is 0 Å². The fourth-order valence-corrected chi connectivity index (χ4v) is 1.93. The van der Waals surface area contributed by atoms with Crippen LogP contribution in [0.5, 0.6) is 0 Å². The maximum absolute atomic E-state index is 11.5. The van der Waals surface area contributed by atoms with Gasteiger partial charge in [-0.25, -0.2) is 5.43 Å². The molecule has 0 spiro atoms. The van der Waals surface area contributed by atoms with Crippen molar-refractivity contribution in [2.45, 2.75) is 25.7 Å². The molecule has 0 unspecified atom stereocenters. The van der Waals surface area contributed by atoms with Crippen molar-refractivity contribution >= 4 is 34.0 Å². The quantitative estimate of drug-likeness (QED) is 0.454. The van der Waals surface area contributed by atoms with Crippen LogP contribution >= 0.6 is 15.9 Å². The molecule has 0 aliphatic rings. The molecule has 0 fully saturated rings. The number of hydrazone groups is 1. The van der Waals surface area contributed by atoms with Crippen molar-refractivity contribution in [1.29, 1.82) is 0 Å². The second-order valence-electron chi connectivity index (χ2n) is 4.23. The first-order valence-electron chi connectivity index (χ1n) is 6.40.